The minimum atomic E-state index is -0.562. The van der Waals surface area contributed by atoms with Crippen molar-refractivity contribution in [2.24, 2.45) is 0 Å². The highest BCUT2D eigenvalue weighted by Gasteiger charge is 2.15. The first kappa shape index (κ1) is 12.1. The minimum absolute atomic E-state index is 0.562. The number of aliphatic hydroxyl groups is 1. The SMILES string of the molecule is OC(c1ccc(I)cc1)c1ccc2c(c1)COC2. The highest BCUT2D eigenvalue weighted by atomic mass is 127. The standard InChI is InChI=1S/C15H13IO2/c16-14-5-3-10(4-6-14)15(17)11-1-2-12-8-18-9-13(12)7-11/h1-7,15,17H,8-9H2. The first-order valence-corrected chi connectivity index (χ1v) is 6.95. The monoisotopic (exact) mass is 352 g/mol. The van der Waals surface area contributed by atoms with E-state index in [-0.39, 0.29) is 0 Å². The van der Waals surface area contributed by atoms with Gasteiger partial charge >= 0.3 is 0 Å². The van der Waals surface area contributed by atoms with Crippen LogP contribution in [0.3, 0.4) is 0 Å². The predicted octanol–water partition coefficient (Wildman–Crippen LogP) is 3.40. The summed E-state index contributed by atoms with van der Waals surface area (Å²) in [7, 11) is 0. The molecular weight excluding hydrogens is 339 g/mol. The van der Waals surface area contributed by atoms with Gasteiger partial charge in [0.15, 0.2) is 0 Å². The average molecular weight is 352 g/mol. The van der Waals surface area contributed by atoms with Gasteiger partial charge in [0, 0.05) is 3.57 Å². The summed E-state index contributed by atoms with van der Waals surface area (Å²) < 4.78 is 6.56. The molecule has 2 aromatic carbocycles. The number of hydrogen-bond donors (Lipinski definition) is 1. The molecule has 1 atom stereocenters. The largest absolute Gasteiger partial charge is 0.384 e. The van der Waals surface area contributed by atoms with Crippen molar-refractivity contribution in [2.75, 3.05) is 0 Å². The third-order valence-electron chi connectivity index (χ3n) is 3.25. The molecule has 0 fully saturated rings. The Morgan fingerprint density at radius 2 is 1.61 bits per heavy atom. The van der Waals surface area contributed by atoms with Gasteiger partial charge in [-0.2, -0.15) is 0 Å². The lowest BCUT2D eigenvalue weighted by molar-refractivity contribution is 0.134. The zero-order chi connectivity index (χ0) is 12.5. The molecule has 0 radical (unpaired) electrons. The lowest BCUT2D eigenvalue weighted by atomic mass is 9.98. The molecular formula is C15H13IO2. The van der Waals surface area contributed by atoms with Crippen LogP contribution < -0.4 is 0 Å². The molecule has 1 unspecified atom stereocenters. The molecule has 1 N–H and O–H groups in total. The molecule has 0 aromatic heterocycles. The van der Waals surface area contributed by atoms with Crippen molar-refractivity contribution >= 4 is 22.6 Å². The Bertz CT molecular complexity index is 563. The van der Waals surface area contributed by atoms with Crippen LogP contribution in [0.2, 0.25) is 0 Å². The van der Waals surface area contributed by atoms with E-state index < -0.39 is 6.10 Å². The van der Waals surface area contributed by atoms with E-state index in [4.69, 9.17) is 4.74 Å². The zero-order valence-electron chi connectivity index (χ0n) is 9.77. The highest BCUT2D eigenvalue weighted by Crippen LogP contribution is 2.27. The smallest absolute Gasteiger partial charge is 0.104 e. The number of aliphatic hydroxyl groups excluding tert-OH is 1. The van der Waals surface area contributed by atoms with Crippen LogP contribution in [0.5, 0.6) is 0 Å². The van der Waals surface area contributed by atoms with Crippen molar-refractivity contribution in [2.45, 2.75) is 19.3 Å². The van der Waals surface area contributed by atoms with Crippen molar-refractivity contribution in [1.82, 2.24) is 0 Å². The Labute approximate surface area is 120 Å². The summed E-state index contributed by atoms with van der Waals surface area (Å²) in [5.74, 6) is 0. The maximum atomic E-state index is 10.4. The molecule has 0 spiro atoms. The van der Waals surface area contributed by atoms with Gasteiger partial charge in [-0.25, -0.2) is 0 Å². The Morgan fingerprint density at radius 1 is 0.944 bits per heavy atom. The lowest BCUT2D eigenvalue weighted by Crippen LogP contribution is -2.00. The third-order valence-corrected chi connectivity index (χ3v) is 3.97. The van der Waals surface area contributed by atoms with Gasteiger partial charge < -0.3 is 9.84 Å². The Morgan fingerprint density at radius 3 is 2.39 bits per heavy atom. The maximum absolute atomic E-state index is 10.4. The highest BCUT2D eigenvalue weighted by molar-refractivity contribution is 14.1. The fourth-order valence-electron chi connectivity index (χ4n) is 2.20. The van der Waals surface area contributed by atoms with E-state index in [2.05, 4.69) is 22.6 Å². The minimum Gasteiger partial charge on any atom is -0.384 e. The van der Waals surface area contributed by atoms with Crippen molar-refractivity contribution in [3.8, 4) is 0 Å². The van der Waals surface area contributed by atoms with Gasteiger partial charge in [0.1, 0.15) is 6.10 Å². The molecule has 0 aliphatic carbocycles. The van der Waals surface area contributed by atoms with Gasteiger partial charge in [-0.05, 0) is 57.0 Å². The molecule has 18 heavy (non-hydrogen) atoms. The quantitative estimate of drug-likeness (QED) is 0.840. The predicted molar refractivity (Wildman–Crippen MR) is 78.2 cm³/mol. The summed E-state index contributed by atoms with van der Waals surface area (Å²) in [6, 6.07) is 14.0. The van der Waals surface area contributed by atoms with Crippen molar-refractivity contribution in [3.63, 3.8) is 0 Å². The fraction of sp³-hybridized carbons (Fsp3) is 0.200. The van der Waals surface area contributed by atoms with E-state index in [1.54, 1.807) is 0 Å². The summed E-state index contributed by atoms with van der Waals surface area (Å²) in [6.45, 7) is 1.35. The van der Waals surface area contributed by atoms with Crippen molar-refractivity contribution in [3.05, 3.63) is 68.3 Å². The van der Waals surface area contributed by atoms with Gasteiger partial charge in [-0.1, -0.05) is 30.3 Å². The number of halogens is 1. The summed E-state index contributed by atoms with van der Waals surface area (Å²) in [5, 5.41) is 10.4. The zero-order valence-corrected chi connectivity index (χ0v) is 11.9. The van der Waals surface area contributed by atoms with Gasteiger partial charge in [0.25, 0.3) is 0 Å². The van der Waals surface area contributed by atoms with Gasteiger partial charge in [-0.15, -0.1) is 0 Å². The van der Waals surface area contributed by atoms with Crippen molar-refractivity contribution in [1.29, 1.82) is 0 Å². The molecule has 2 nitrogen and oxygen atoms in total. The first-order chi connectivity index (χ1) is 8.74. The molecule has 0 amide bonds. The second kappa shape index (κ2) is 4.99. The maximum Gasteiger partial charge on any atom is 0.104 e. The average Bonchev–Trinajstić information content (AvgIpc) is 2.86. The van der Waals surface area contributed by atoms with E-state index in [0.29, 0.717) is 13.2 Å². The van der Waals surface area contributed by atoms with E-state index in [0.717, 1.165) is 11.1 Å². The summed E-state index contributed by atoms with van der Waals surface area (Å²) >= 11 is 2.26. The normalized spacial score (nSPS) is 15.4. The van der Waals surface area contributed by atoms with Crippen LogP contribution in [0, 0.1) is 3.57 Å². The van der Waals surface area contributed by atoms with Crippen LogP contribution in [0.4, 0.5) is 0 Å². The third kappa shape index (κ3) is 2.30. The lowest BCUT2D eigenvalue weighted by Gasteiger charge is -2.12. The fourth-order valence-corrected chi connectivity index (χ4v) is 2.56. The first-order valence-electron chi connectivity index (χ1n) is 5.87. The van der Waals surface area contributed by atoms with E-state index in [1.807, 2.05) is 42.5 Å². The number of benzene rings is 2. The van der Waals surface area contributed by atoms with Gasteiger partial charge in [0.2, 0.25) is 0 Å². The molecule has 1 aliphatic heterocycles. The Hall–Kier alpha value is -0.910. The second-order valence-electron chi connectivity index (χ2n) is 4.48. The van der Waals surface area contributed by atoms with Gasteiger partial charge in [0.05, 0.1) is 13.2 Å². The number of fused-ring (bicyclic) bond motifs is 1. The molecule has 3 rings (SSSR count). The summed E-state index contributed by atoms with van der Waals surface area (Å²) in [5.41, 5.74) is 4.28. The van der Waals surface area contributed by atoms with Crippen LogP contribution in [0.25, 0.3) is 0 Å². The van der Waals surface area contributed by atoms with Gasteiger partial charge in [-0.3, -0.25) is 0 Å². The number of ether oxygens (including phenoxy) is 1. The molecule has 1 aliphatic rings. The van der Waals surface area contributed by atoms with Crippen LogP contribution >= 0.6 is 22.6 Å². The van der Waals surface area contributed by atoms with E-state index in [1.165, 1.54) is 14.7 Å². The van der Waals surface area contributed by atoms with Crippen LogP contribution in [-0.4, -0.2) is 5.11 Å². The van der Waals surface area contributed by atoms with Crippen molar-refractivity contribution < 1.29 is 9.84 Å². The Balaban J connectivity index is 1.92. The van der Waals surface area contributed by atoms with E-state index in [9.17, 15) is 5.11 Å². The molecule has 0 bridgehead atoms. The summed E-state index contributed by atoms with van der Waals surface area (Å²) in [6.07, 6.45) is -0.562. The molecule has 0 saturated carbocycles. The van der Waals surface area contributed by atoms with Crippen LogP contribution in [-0.2, 0) is 18.0 Å². The number of hydrogen-bond acceptors (Lipinski definition) is 2. The number of rotatable bonds is 2. The Kier molecular flexibility index (Phi) is 3.37. The summed E-state index contributed by atoms with van der Waals surface area (Å²) in [4.78, 5) is 0. The van der Waals surface area contributed by atoms with E-state index >= 15 is 0 Å². The topological polar surface area (TPSA) is 29.5 Å². The molecule has 1 heterocycles. The molecule has 0 saturated heterocycles. The second-order valence-corrected chi connectivity index (χ2v) is 5.72. The molecule has 2 aromatic rings. The molecule has 92 valence electrons. The van der Waals surface area contributed by atoms with Crippen LogP contribution in [0.15, 0.2) is 42.5 Å². The molecule has 3 heteroatoms. The van der Waals surface area contributed by atoms with Crippen LogP contribution in [0.1, 0.15) is 28.4 Å².